The molecule has 0 heterocycles. The van der Waals surface area contributed by atoms with Gasteiger partial charge < -0.3 is 10.2 Å². The Hall–Kier alpha value is -2.34. The predicted octanol–water partition coefficient (Wildman–Crippen LogP) is 3.65. The number of nitrogens with zero attached hydrogens (tertiary/aromatic N) is 1. The van der Waals surface area contributed by atoms with Crippen molar-refractivity contribution in [2.75, 3.05) is 19.3 Å². The summed E-state index contributed by atoms with van der Waals surface area (Å²) in [6, 6.07) is 16.0. The Morgan fingerprint density at radius 3 is 2.43 bits per heavy atom. The minimum absolute atomic E-state index is 0.104. The monoisotopic (exact) mass is 402 g/mol. The lowest BCUT2D eigenvalue weighted by atomic mass is 10.1. The summed E-state index contributed by atoms with van der Waals surface area (Å²) in [5.74, 6) is 0.0918. The molecule has 0 saturated carbocycles. The zero-order valence-electron chi connectivity index (χ0n) is 16.4. The standard InChI is InChI=1S/C22H27FN2O2S/c1-3-20(22(27)24-2)25(14-13-17-9-5-4-6-10-17)21(26)16-28-15-18-11-7-8-12-19(18)23/h4-12,20H,3,13-16H2,1-2H3,(H,24,27)/t20-/m0/s1. The molecule has 0 bridgehead atoms. The Labute approximate surface area is 170 Å². The van der Waals surface area contributed by atoms with Gasteiger partial charge in [-0.25, -0.2) is 4.39 Å². The molecule has 0 unspecified atom stereocenters. The summed E-state index contributed by atoms with van der Waals surface area (Å²) in [6.45, 7) is 2.37. The number of hydrogen-bond acceptors (Lipinski definition) is 3. The number of carbonyl (C=O) groups excluding carboxylic acids is 2. The van der Waals surface area contributed by atoms with Crippen LogP contribution in [0.3, 0.4) is 0 Å². The van der Waals surface area contributed by atoms with Crippen molar-refractivity contribution < 1.29 is 14.0 Å². The van der Waals surface area contributed by atoms with E-state index in [-0.39, 0.29) is 23.4 Å². The van der Waals surface area contributed by atoms with Gasteiger partial charge in [-0.3, -0.25) is 9.59 Å². The van der Waals surface area contributed by atoms with Crippen LogP contribution in [0.1, 0.15) is 24.5 Å². The molecule has 1 atom stereocenters. The van der Waals surface area contributed by atoms with E-state index in [1.807, 2.05) is 37.3 Å². The van der Waals surface area contributed by atoms with E-state index in [0.29, 0.717) is 30.7 Å². The highest BCUT2D eigenvalue weighted by Crippen LogP contribution is 2.17. The van der Waals surface area contributed by atoms with Gasteiger partial charge in [-0.2, -0.15) is 0 Å². The van der Waals surface area contributed by atoms with E-state index < -0.39 is 6.04 Å². The summed E-state index contributed by atoms with van der Waals surface area (Å²) in [5.41, 5.74) is 1.69. The first-order valence-electron chi connectivity index (χ1n) is 9.43. The molecule has 2 rings (SSSR count). The molecule has 0 aliphatic rings. The van der Waals surface area contributed by atoms with Crippen LogP contribution >= 0.6 is 11.8 Å². The van der Waals surface area contributed by atoms with Crippen LogP contribution < -0.4 is 5.32 Å². The molecule has 28 heavy (non-hydrogen) atoms. The van der Waals surface area contributed by atoms with E-state index in [0.717, 1.165) is 5.56 Å². The average molecular weight is 403 g/mol. The van der Waals surface area contributed by atoms with Crippen molar-refractivity contribution in [3.63, 3.8) is 0 Å². The normalized spacial score (nSPS) is 11.7. The molecule has 0 aromatic heterocycles. The van der Waals surface area contributed by atoms with Crippen molar-refractivity contribution in [1.82, 2.24) is 10.2 Å². The third kappa shape index (κ3) is 6.37. The van der Waals surface area contributed by atoms with Crippen molar-refractivity contribution >= 4 is 23.6 Å². The molecule has 2 aromatic rings. The van der Waals surface area contributed by atoms with Gasteiger partial charge in [0.25, 0.3) is 0 Å². The number of benzene rings is 2. The number of nitrogens with one attached hydrogen (secondary N) is 1. The number of amides is 2. The van der Waals surface area contributed by atoms with Crippen molar-refractivity contribution in [1.29, 1.82) is 0 Å². The van der Waals surface area contributed by atoms with Crippen LogP contribution in [0, 0.1) is 5.82 Å². The number of halogens is 1. The van der Waals surface area contributed by atoms with Gasteiger partial charge in [0.1, 0.15) is 11.9 Å². The van der Waals surface area contributed by atoms with Gasteiger partial charge in [-0.1, -0.05) is 55.5 Å². The third-order valence-electron chi connectivity index (χ3n) is 4.56. The van der Waals surface area contributed by atoms with Crippen molar-refractivity contribution in [3.8, 4) is 0 Å². The average Bonchev–Trinajstić information content (AvgIpc) is 2.72. The number of rotatable bonds is 10. The van der Waals surface area contributed by atoms with Crippen LogP contribution in [0.5, 0.6) is 0 Å². The molecule has 0 saturated heterocycles. The molecule has 150 valence electrons. The fourth-order valence-electron chi connectivity index (χ4n) is 3.01. The Kier molecular flexibility index (Phi) is 9.01. The topological polar surface area (TPSA) is 49.4 Å². The molecular formula is C22H27FN2O2S. The van der Waals surface area contributed by atoms with Gasteiger partial charge >= 0.3 is 0 Å². The third-order valence-corrected chi connectivity index (χ3v) is 5.52. The second-order valence-electron chi connectivity index (χ2n) is 6.45. The molecule has 0 aliphatic carbocycles. The smallest absolute Gasteiger partial charge is 0.242 e. The quantitative estimate of drug-likeness (QED) is 0.660. The highest BCUT2D eigenvalue weighted by molar-refractivity contribution is 7.99. The second kappa shape index (κ2) is 11.5. The number of carbonyl (C=O) groups is 2. The molecule has 2 amide bonds. The van der Waals surface area contributed by atoms with Crippen molar-refractivity contribution in [2.24, 2.45) is 0 Å². The van der Waals surface area contributed by atoms with Gasteiger partial charge in [-0.05, 0) is 30.0 Å². The van der Waals surface area contributed by atoms with E-state index in [1.54, 1.807) is 30.1 Å². The molecule has 1 N–H and O–H groups in total. The van der Waals surface area contributed by atoms with Crippen LogP contribution in [0.2, 0.25) is 0 Å². The number of thioether (sulfide) groups is 1. The highest BCUT2D eigenvalue weighted by atomic mass is 32.2. The summed E-state index contributed by atoms with van der Waals surface area (Å²) >= 11 is 1.36. The lowest BCUT2D eigenvalue weighted by Gasteiger charge is -2.30. The fraction of sp³-hybridized carbons (Fsp3) is 0.364. The molecule has 0 fully saturated rings. The summed E-state index contributed by atoms with van der Waals surface area (Å²) in [7, 11) is 1.58. The van der Waals surface area contributed by atoms with Crippen molar-refractivity contribution in [3.05, 3.63) is 71.5 Å². The zero-order valence-corrected chi connectivity index (χ0v) is 17.2. The maximum absolute atomic E-state index is 13.8. The Bertz CT molecular complexity index is 770. The van der Waals surface area contributed by atoms with Gasteiger partial charge in [0.15, 0.2) is 0 Å². The van der Waals surface area contributed by atoms with Crippen molar-refractivity contribution in [2.45, 2.75) is 31.6 Å². The van der Waals surface area contributed by atoms with E-state index in [1.165, 1.54) is 17.8 Å². The zero-order chi connectivity index (χ0) is 20.4. The summed E-state index contributed by atoms with van der Waals surface area (Å²) in [4.78, 5) is 26.8. The minimum Gasteiger partial charge on any atom is -0.357 e. The molecule has 6 heteroatoms. The Balaban J connectivity index is 2.02. The summed E-state index contributed by atoms with van der Waals surface area (Å²) in [5, 5.41) is 2.65. The van der Waals surface area contributed by atoms with Crippen LogP contribution in [0.25, 0.3) is 0 Å². The van der Waals surface area contributed by atoms with Gasteiger partial charge in [0.2, 0.25) is 11.8 Å². The Morgan fingerprint density at radius 2 is 1.79 bits per heavy atom. The summed E-state index contributed by atoms with van der Waals surface area (Å²) < 4.78 is 13.8. The van der Waals surface area contributed by atoms with E-state index in [9.17, 15) is 14.0 Å². The minimum atomic E-state index is -0.504. The molecule has 2 aromatic carbocycles. The summed E-state index contributed by atoms with van der Waals surface area (Å²) in [6.07, 6.45) is 1.22. The van der Waals surface area contributed by atoms with Crippen LogP contribution in [0.15, 0.2) is 54.6 Å². The number of hydrogen-bond donors (Lipinski definition) is 1. The van der Waals surface area contributed by atoms with Gasteiger partial charge in [0, 0.05) is 19.3 Å². The molecule has 4 nitrogen and oxygen atoms in total. The largest absolute Gasteiger partial charge is 0.357 e. The first-order chi connectivity index (χ1) is 13.6. The van der Waals surface area contributed by atoms with Crippen LogP contribution in [-0.4, -0.2) is 42.1 Å². The van der Waals surface area contributed by atoms with Gasteiger partial charge in [0.05, 0.1) is 5.75 Å². The fourth-order valence-corrected chi connectivity index (χ4v) is 3.91. The van der Waals surface area contributed by atoms with E-state index in [2.05, 4.69) is 5.32 Å². The van der Waals surface area contributed by atoms with E-state index in [4.69, 9.17) is 0 Å². The molecular weight excluding hydrogens is 375 g/mol. The Morgan fingerprint density at radius 1 is 1.11 bits per heavy atom. The molecule has 0 spiro atoms. The number of likely N-dealkylation sites (N-methyl/N-ethyl adjacent to an activating group) is 1. The molecule has 0 radical (unpaired) electrons. The van der Waals surface area contributed by atoms with Crippen LogP contribution in [0.4, 0.5) is 4.39 Å². The lowest BCUT2D eigenvalue weighted by molar-refractivity contribution is -0.138. The van der Waals surface area contributed by atoms with E-state index >= 15 is 0 Å². The molecule has 0 aliphatic heterocycles. The SMILES string of the molecule is CC[C@@H](C(=O)NC)N(CCc1ccccc1)C(=O)CSCc1ccccc1F. The van der Waals surface area contributed by atoms with Crippen LogP contribution in [-0.2, 0) is 21.8 Å². The highest BCUT2D eigenvalue weighted by Gasteiger charge is 2.27. The first-order valence-corrected chi connectivity index (χ1v) is 10.6. The van der Waals surface area contributed by atoms with Gasteiger partial charge in [-0.15, -0.1) is 11.8 Å². The lowest BCUT2D eigenvalue weighted by Crippen LogP contribution is -2.50. The predicted molar refractivity (Wildman–Crippen MR) is 113 cm³/mol. The second-order valence-corrected chi connectivity index (χ2v) is 7.43. The maximum atomic E-state index is 13.8. The first kappa shape index (κ1) is 22.0. The maximum Gasteiger partial charge on any atom is 0.242 e.